The number of primary amides is 1. The van der Waals surface area contributed by atoms with Gasteiger partial charge in [0.1, 0.15) is 11.2 Å². The molecular weight excluding hydrogens is 182 g/mol. The third-order valence-electron chi connectivity index (χ3n) is 1.88. The number of aromatic amines is 1. The summed E-state index contributed by atoms with van der Waals surface area (Å²) in [5, 5.41) is 0.681. The Morgan fingerprint density at radius 3 is 3.00 bits per heavy atom. The first-order valence-corrected chi connectivity index (χ1v) is 3.96. The molecular formula is C9H7N3O2. The highest BCUT2D eigenvalue weighted by Crippen LogP contribution is 2.06. The van der Waals surface area contributed by atoms with E-state index in [0.717, 1.165) is 0 Å². The molecule has 0 saturated heterocycles. The van der Waals surface area contributed by atoms with Gasteiger partial charge in [-0.3, -0.25) is 9.59 Å². The van der Waals surface area contributed by atoms with Gasteiger partial charge in [-0.2, -0.15) is 0 Å². The number of carbonyl (C=O) groups excluding carboxylic acids is 1. The van der Waals surface area contributed by atoms with E-state index in [-0.39, 0.29) is 5.56 Å². The maximum Gasteiger partial charge on any atom is 0.262 e. The molecule has 0 aromatic carbocycles. The Kier molecular flexibility index (Phi) is 1.78. The van der Waals surface area contributed by atoms with Gasteiger partial charge in [0, 0.05) is 11.6 Å². The highest BCUT2D eigenvalue weighted by molar-refractivity contribution is 5.95. The zero-order chi connectivity index (χ0) is 10.1. The molecule has 5 nitrogen and oxygen atoms in total. The Hall–Kier alpha value is -2.17. The molecule has 0 fully saturated rings. The lowest BCUT2D eigenvalue weighted by atomic mass is 10.2. The summed E-state index contributed by atoms with van der Waals surface area (Å²) < 4.78 is 0. The van der Waals surface area contributed by atoms with Crippen LogP contribution in [0, 0.1) is 0 Å². The van der Waals surface area contributed by atoms with Crippen LogP contribution in [-0.4, -0.2) is 15.9 Å². The van der Waals surface area contributed by atoms with E-state index in [1.807, 2.05) is 0 Å². The maximum atomic E-state index is 11.3. The highest BCUT2D eigenvalue weighted by Gasteiger charge is 2.07. The topological polar surface area (TPSA) is 88.8 Å². The molecule has 0 bridgehead atoms. The third-order valence-corrected chi connectivity index (χ3v) is 1.88. The first-order valence-electron chi connectivity index (χ1n) is 3.96. The Bertz CT molecular complexity index is 559. The minimum Gasteiger partial charge on any atom is -0.365 e. The molecule has 70 valence electrons. The van der Waals surface area contributed by atoms with Crippen molar-refractivity contribution < 1.29 is 4.79 Å². The first kappa shape index (κ1) is 8.43. The summed E-state index contributed by atoms with van der Waals surface area (Å²) in [4.78, 5) is 28.5. The van der Waals surface area contributed by atoms with Crippen LogP contribution < -0.4 is 11.3 Å². The maximum absolute atomic E-state index is 11.3. The van der Waals surface area contributed by atoms with Crippen molar-refractivity contribution in [3.8, 4) is 0 Å². The molecule has 2 rings (SSSR count). The monoisotopic (exact) mass is 189 g/mol. The van der Waals surface area contributed by atoms with Gasteiger partial charge < -0.3 is 10.7 Å². The minimum atomic E-state index is -0.739. The van der Waals surface area contributed by atoms with E-state index >= 15 is 0 Å². The van der Waals surface area contributed by atoms with Crippen molar-refractivity contribution in [3.63, 3.8) is 0 Å². The van der Waals surface area contributed by atoms with E-state index in [0.29, 0.717) is 11.0 Å². The fourth-order valence-electron chi connectivity index (χ4n) is 1.22. The zero-order valence-corrected chi connectivity index (χ0v) is 7.15. The fourth-order valence-corrected chi connectivity index (χ4v) is 1.22. The molecule has 0 saturated carbocycles. The first-order chi connectivity index (χ1) is 6.68. The molecule has 1 amide bonds. The normalized spacial score (nSPS) is 10.3. The van der Waals surface area contributed by atoms with Crippen molar-refractivity contribution in [2.75, 3.05) is 0 Å². The summed E-state index contributed by atoms with van der Waals surface area (Å²) in [6.45, 7) is 0. The van der Waals surface area contributed by atoms with Gasteiger partial charge >= 0.3 is 0 Å². The third kappa shape index (κ3) is 1.24. The number of pyridine rings is 2. The number of carbonyl (C=O) groups is 1. The van der Waals surface area contributed by atoms with Crippen molar-refractivity contribution in [1.82, 2.24) is 9.97 Å². The number of hydrogen-bond acceptors (Lipinski definition) is 3. The molecule has 0 aliphatic rings. The lowest BCUT2D eigenvalue weighted by Gasteiger charge is -1.97. The second-order valence-corrected chi connectivity index (χ2v) is 2.82. The van der Waals surface area contributed by atoms with Crippen LogP contribution >= 0.6 is 0 Å². The standard InChI is InChI=1S/C9H7N3O2/c10-7(13)6-4-5-2-1-3-11-8(5)12-9(6)14/h1-4H,(H2,10,13)(H,11,12,14). The summed E-state index contributed by atoms with van der Waals surface area (Å²) in [6.07, 6.45) is 1.56. The van der Waals surface area contributed by atoms with Gasteiger partial charge in [0.2, 0.25) is 0 Å². The number of hydrogen-bond donors (Lipinski definition) is 2. The molecule has 14 heavy (non-hydrogen) atoms. The van der Waals surface area contributed by atoms with Crippen molar-refractivity contribution in [2.24, 2.45) is 5.73 Å². The summed E-state index contributed by atoms with van der Waals surface area (Å²) in [5.74, 6) is -0.739. The van der Waals surface area contributed by atoms with Gasteiger partial charge in [0.15, 0.2) is 0 Å². The molecule has 0 aliphatic carbocycles. The summed E-state index contributed by atoms with van der Waals surface area (Å²) in [5.41, 5.74) is 4.91. The summed E-state index contributed by atoms with van der Waals surface area (Å²) in [7, 11) is 0. The van der Waals surface area contributed by atoms with Crippen LogP contribution in [-0.2, 0) is 0 Å². The van der Waals surface area contributed by atoms with Crippen molar-refractivity contribution in [1.29, 1.82) is 0 Å². The molecule has 0 spiro atoms. The molecule has 0 atom stereocenters. The fraction of sp³-hybridized carbons (Fsp3) is 0. The number of H-pyrrole nitrogens is 1. The Balaban J connectivity index is 2.84. The zero-order valence-electron chi connectivity index (χ0n) is 7.15. The lowest BCUT2D eigenvalue weighted by molar-refractivity contribution is 0.0999. The summed E-state index contributed by atoms with van der Waals surface area (Å²) in [6, 6.07) is 4.89. The van der Waals surface area contributed by atoms with E-state index in [2.05, 4.69) is 9.97 Å². The average Bonchev–Trinajstić information content (AvgIpc) is 2.16. The number of aromatic nitrogens is 2. The second kappa shape index (κ2) is 2.95. The van der Waals surface area contributed by atoms with Gasteiger partial charge in [-0.15, -0.1) is 0 Å². The van der Waals surface area contributed by atoms with Crippen LogP contribution in [0.2, 0.25) is 0 Å². The van der Waals surface area contributed by atoms with Gasteiger partial charge in [0.05, 0.1) is 0 Å². The van der Waals surface area contributed by atoms with Crippen molar-refractivity contribution in [2.45, 2.75) is 0 Å². The largest absolute Gasteiger partial charge is 0.365 e. The average molecular weight is 189 g/mol. The second-order valence-electron chi connectivity index (χ2n) is 2.82. The quantitative estimate of drug-likeness (QED) is 0.662. The van der Waals surface area contributed by atoms with Gasteiger partial charge in [-0.25, -0.2) is 4.98 Å². The Morgan fingerprint density at radius 2 is 2.29 bits per heavy atom. The number of nitrogens with one attached hydrogen (secondary N) is 1. The molecule has 0 unspecified atom stereocenters. The van der Waals surface area contributed by atoms with E-state index in [4.69, 9.17) is 5.73 Å². The van der Waals surface area contributed by atoms with Gasteiger partial charge in [0.25, 0.3) is 11.5 Å². The van der Waals surface area contributed by atoms with Crippen LogP contribution in [0.15, 0.2) is 29.2 Å². The van der Waals surface area contributed by atoms with Crippen molar-refractivity contribution >= 4 is 16.9 Å². The van der Waals surface area contributed by atoms with E-state index in [1.54, 1.807) is 18.3 Å². The van der Waals surface area contributed by atoms with Crippen molar-refractivity contribution in [3.05, 3.63) is 40.3 Å². The molecule has 2 aromatic heterocycles. The number of amides is 1. The van der Waals surface area contributed by atoms with E-state index in [1.165, 1.54) is 6.07 Å². The number of nitrogens with zero attached hydrogens (tertiary/aromatic N) is 1. The smallest absolute Gasteiger partial charge is 0.262 e. The van der Waals surface area contributed by atoms with Crippen LogP contribution in [0.5, 0.6) is 0 Å². The molecule has 2 aromatic rings. The van der Waals surface area contributed by atoms with Crippen LogP contribution in [0.3, 0.4) is 0 Å². The van der Waals surface area contributed by atoms with E-state index < -0.39 is 11.5 Å². The molecule has 5 heteroatoms. The van der Waals surface area contributed by atoms with Crippen LogP contribution in [0.1, 0.15) is 10.4 Å². The molecule has 0 aliphatic heterocycles. The minimum absolute atomic E-state index is 0.0505. The van der Waals surface area contributed by atoms with Crippen LogP contribution in [0.25, 0.3) is 11.0 Å². The SMILES string of the molecule is NC(=O)c1cc2cccnc2[nH]c1=O. The molecule has 0 radical (unpaired) electrons. The Morgan fingerprint density at radius 1 is 1.50 bits per heavy atom. The highest BCUT2D eigenvalue weighted by atomic mass is 16.2. The van der Waals surface area contributed by atoms with Gasteiger partial charge in [-0.05, 0) is 18.2 Å². The van der Waals surface area contributed by atoms with Crippen LogP contribution in [0.4, 0.5) is 0 Å². The number of rotatable bonds is 1. The molecule has 2 heterocycles. The lowest BCUT2D eigenvalue weighted by Crippen LogP contribution is -2.23. The molecule has 3 N–H and O–H groups in total. The van der Waals surface area contributed by atoms with E-state index in [9.17, 15) is 9.59 Å². The summed E-state index contributed by atoms with van der Waals surface area (Å²) >= 11 is 0. The Labute approximate surface area is 78.6 Å². The predicted molar refractivity (Wildman–Crippen MR) is 50.9 cm³/mol. The van der Waals surface area contributed by atoms with Gasteiger partial charge in [-0.1, -0.05) is 0 Å². The number of nitrogens with two attached hydrogens (primary N) is 1. The number of fused-ring (bicyclic) bond motifs is 1. The predicted octanol–water partition coefficient (Wildman–Crippen LogP) is 0.0220.